The van der Waals surface area contributed by atoms with Gasteiger partial charge in [0.2, 0.25) is 11.6 Å². The Hall–Kier alpha value is -3.13. The van der Waals surface area contributed by atoms with E-state index < -0.39 is 11.9 Å². The van der Waals surface area contributed by atoms with Crippen LogP contribution in [0.4, 0.5) is 0 Å². The van der Waals surface area contributed by atoms with Crippen LogP contribution in [-0.4, -0.2) is 32.1 Å². The summed E-state index contributed by atoms with van der Waals surface area (Å²) in [4.78, 5) is 27.8. The third-order valence-corrected chi connectivity index (χ3v) is 4.27. The van der Waals surface area contributed by atoms with Gasteiger partial charge in [-0.05, 0) is 48.0 Å². The molecule has 3 rings (SSSR count). The first-order valence-corrected chi connectivity index (χ1v) is 8.93. The van der Waals surface area contributed by atoms with Gasteiger partial charge in [-0.2, -0.15) is 0 Å². The van der Waals surface area contributed by atoms with Crippen LogP contribution in [0.2, 0.25) is 0 Å². The number of cyclic esters (lactones) is 1. The van der Waals surface area contributed by atoms with Gasteiger partial charge in [0.1, 0.15) is 0 Å². The van der Waals surface area contributed by atoms with Crippen LogP contribution in [0.25, 0.3) is 6.08 Å². The lowest BCUT2D eigenvalue weighted by Gasteiger charge is -2.13. The van der Waals surface area contributed by atoms with Gasteiger partial charge < -0.3 is 18.9 Å². The highest BCUT2D eigenvalue weighted by atomic mass is 79.9. The first-order valence-electron chi connectivity index (χ1n) is 8.14. The number of hydrogen-bond donors (Lipinski definition) is 0. The number of halogens is 1. The SMILES string of the molecule is COc1cc(/C=C2\N=C(c3ccc(Br)cc3)OC2=O)cc(OC)c1OC(C)=O. The third kappa shape index (κ3) is 4.23. The molecule has 0 radical (unpaired) electrons. The number of carbonyl (C=O) groups is 2. The standard InChI is InChI=1S/C20H16BrNO6/c1-11(23)27-18-16(25-2)9-12(10-17(18)26-3)8-15-20(24)28-19(22-15)13-4-6-14(21)7-5-13/h4-10H,1-3H3/b15-8-. The molecule has 0 N–H and O–H groups in total. The second kappa shape index (κ2) is 8.26. The Labute approximate surface area is 169 Å². The van der Waals surface area contributed by atoms with Gasteiger partial charge in [-0.25, -0.2) is 9.79 Å². The topological polar surface area (TPSA) is 83.4 Å². The molecule has 0 fully saturated rings. The molecule has 7 nitrogen and oxygen atoms in total. The monoisotopic (exact) mass is 445 g/mol. The van der Waals surface area contributed by atoms with Crippen molar-refractivity contribution < 1.29 is 28.5 Å². The molecule has 0 aromatic heterocycles. The molecular formula is C20H16BrNO6. The van der Waals surface area contributed by atoms with Crippen LogP contribution in [0, 0.1) is 0 Å². The summed E-state index contributed by atoms with van der Waals surface area (Å²) in [5.41, 5.74) is 1.37. The van der Waals surface area contributed by atoms with Crippen molar-refractivity contribution in [3.8, 4) is 17.2 Å². The van der Waals surface area contributed by atoms with Crippen LogP contribution in [0.3, 0.4) is 0 Å². The van der Waals surface area contributed by atoms with Crippen LogP contribution in [-0.2, 0) is 14.3 Å². The van der Waals surface area contributed by atoms with E-state index in [1.807, 2.05) is 12.1 Å². The maximum absolute atomic E-state index is 12.2. The van der Waals surface area contributed by atoms with Crippen molar-refractivity contribution in [1.82, 2.24) is 0 Å². The van der Waals surface area contributed by atoms with Gasteiger partial charge in [0, 0.05) is 17.0 Å². The normalized spacial score (nSPS) is 14.5. The molecule has 2 aromatic carbocycles. The van der Waals surface area contributed by atoms with Gasteiger partial charge in [-0.1, -0.05) is 15.9 Å². The number of rotatable bonds is 5. The zero-order valence-electron chi connectivity index (χ0n) is 15.3. The van der Waals surface area contributed by atoms with Crippen molar-refractivity contribution in [2.45, 2.75) is 6.92 Å². The van der Waals surface area contributed by atoms with Crippen molar-refractivity contribution in [3.63, 3.8) is 0 Å². The van der Waals surface area contributed by atoms with E-state index in [1.165, 1.54) is 27.2 Å². The fraction of sp³-hybridized carbons (Fsp3) is 0.150. The van der Waals surface area contributed by atoms with E-state index in [0.29, 0.717) is 11.1 Å². The fourth-order valence-electron chi connectivity index (χ4n) is 2.51. The van der Waals surface area contributed by atoms with Crippen LogP contribution < -0.4 is 14.2 Å². The number of ether oxygens (including phenoxy) is 4. The Morgan fingerprint density at radius 3 is 2.25 bits per heavy atom. The molecule has 28 heavy (non-hydrogen) atoms. The largest absolute Gasteiger partial charge is 0.493 e. The summed E-state index contributed by atoms with van der Waals surface area (Å²) in [6, 6.07) is 10.5. The Morgan fingerprint density at radius 1 is 1.11 bits per heavy atom. The predicted octanol–water partition coefficient (Wildman–Crippen LogP) is 3.74. The summed E-state index contributed by atoms with van der Waals surface area (Å²) in [6.45, 7) is 1.28. The van der Waals surface area contributed by atoms with Crippen molar-refractivity contribution in [2.75, 3.05) is 14.2 Å². The molecule has 0 spiro atoms. The van der Waals surface area contributed by atoms with E-state index in [9.17, 15) is 9.59 Å². The third-order valence-electron chi connectivity index (χ3n) is 3.74. The molecule has 1 heterocycles. The van der Waals surface area contributed by atoms with Crippen LogP contribution in [0.15, 0.2) is 51.6 Å². The van der Waals surface area contributed by atoms with E-state index in [1.54, 1.807) is 24.3 Å². The fourth-order valence-corrected chi connectivity index (χ4v) is 2.78. The van der Waals surface area contributed by atoms with Crippen molar-refractivity contribution >= 4 is 39.8 Å². The van der Waals surface area contributed by atoms with E-state index in [2.05, 4.69) is 20.9 Å². The quantitative estimate of drug-likeness (QED) is 0.396. The molecule has 1 aliphatic heterocycles. The summed E-state index contributed by atoms with van der Waals surface area (Å²) >= 11 is 3.36. The van der Waals surface area contributed by atoms with Crippen molar-refractivity contribution in [3.05, 3.63) is 57.7 Å². The Morgan fingerprint density at radius 2 is 1.71 bits per heavy atom. The lowest BCUT2D eigenvalue weighted by molar-refractivity contribution is -0.132. The van der Waals surface area contributed by atoms with Gasteiger partial charge in [0.05, 0.1) is 14.2 Å². The molecule has 0 atom stereocenters. The number of esters is 2. The smallest absolute Gasteiger partial charge is 0.363 e. The van der Waals surface area contributed by atoms with Crippen LogP contribution in [0.1, 0.15) is 18.1 Å². The van der Waals surface area contributed by atoms with Gasteiger partial charge in [0.25, 0.3) is 0 Å². The number of hydrogen-bond acceptors (Lipinski definition) is 7. The minimum absolute atomic E-state index is 0.127. The maximum Gasteiger partial charge on any atom is 0.363 e. The summed E-state index contributed by atoms with van der Waals surface area (Å²) in [6.07, 6.45) is 1.54. The average molecular weight is 446 g/mol. The first kappa shape index (κ1) is 19.6. The highest BCUT2D eigenvalue weighted by Crippen LogP contribution is 2.39. The summed E-state index contributed by atoms with van der Waals surface area (Å²) in [5, 5.41) is 0. The molecule has 0 aliphatic carbocycles. The van der Waals surface area contributed by atoms with Gasteiger partial charge >= 0.3 is 11.9 Å². The Kier molecular flexibility index (Phi) is 5.79. The minimum atomic E-state index is -0.570. The molecule has 0 bridgehead atoms. The molecule has 0 amide bonds. The van der Waals surface area contributed by atoms with E-state index >= 15 is 0 Å². The molecule has 2 aromatic rings. The molecular weight excluding hydrogens is 430 g/mol. The minimum Gasteiger partial charge on any atom is -0.493 e. The number of carbonyl (C=O) groups excluding carboxylic acids is 2. The summed E-state index contributed by atoms with van der Waals surface area (Å²) in [5.74, 6) is -0.132. The first-order chi connectivity index (χ1) is 13.4. The predicted molar refractivity (Wildman–Crippen MR) is 106 cm³/mol. The highest BCUT2D eigenvalue weighted by molar-refractivity contribution is 9.10. The lowest BCUT2D eigenvalue weighted by Crippen LogP contribution is -2.05. The Bertz CT molecular complexity index is 969. The molecule has 8 heteroatoms. The van der Waals surface area contributed by atoms with E-state index in [-0.39, 0.29) is 28.8 Å². The van der Waals surface area contributed by atoms with Crippen molar-refractivity contribution in [2.24, 2.45) is 4.99 Å². The molecule has 0 saturated carbocycles. The zero-order chi connectivity index (χ0) is 20.3. The van der Waals surface area contributed by atoms with E-state index in [4.69, 9.17) is 18.9 Å². The van der Waals surface area contributed by atoms with Crippen molar-refractivity contribution in [1.29, 1.82) is 0 Å². The zero-order valence-corrected chi connectivity index (χ0v) is 16.9. The van der Waals surface area contributed by atoms with Gasteiger partial charge in [-0.15, -0.1) is 0 Å². The molecule has 144 valence electrons. The molecule has 1 aliphatic rings. The second-order valence-corrected chi connectivity index (χ2v) is 6.61. The maximum atomic E-state index is 12.2. The van der Waals surface area contributed by atoms with Gasteiger partial charge in [0.15, 0.2) is 17.2 Å². The molecule has 0 unspecified atom stereocenters. The van der Waals surface area contributed by atoms with Gasteiger partial charge in [-0.3, -0.25) is 4.79 Å². The summed E-state index contributed by atoms with van der Waals surface area (Å²) < 4.78 is 21.9. The second-order valence-electron chi connectivity index (χ2n) is 5.69. The molecule has 0 saturated heterocycles. The Balaban J connectivity index is 1.99. The van der Waals surface area contributed by atoms with Crippen LogP contribution in [0.5, 0.6) is 17.2 Å². The number of methoxy groups -OCH3 is 2. The summed E-state index contributed by atoms with van der Waals surface area (Å²) in [7, 11) is 2.87. The average Bonchev–Trinajstić information content (AvgIpc) is 3.03. The van der Waals surface area contributed by atoms with E-state index in [0.717, 1.165) is 4.47 Å². The number of aliphatic imine (C=N–C) groups is 1. The number of benzene rings is 2. The lowest BCUT2D eigenvalue weighted by atomic mass is 10.1. The van der Waals surface area contributed by atoms with Crippen LogP contribution >= 0.6 is 15.9 Å². The number of nitrogens with zero attached hydrogens (tertiary/aromatic N) is 1. The highest BCUT2D eigenvalue weighted by Gasteiger charge is 2.25.